The zero-order chi connectivity index (χ0) is 39.4. The second-order valence-electron chi connectivity index (χ2n) is 12.4. The number of anilines is 1. The van der Waals surface area contributed by atoms with Crippen molar-refractivity contribution in [1.29, 1.82) is 5.26 Å². The van der Waals surface area contributed by atoms with E-state index in [1.807, 2.05) is 6.07 Å². The molecule has 3 aromatic carbocycles. The van der Waals surface area contributed by atoms with Crippen LogP contribution in [0.4, 0.5) is 10.5 Å². The summed E-state index contributed by atoms with van der Waals surface area (Å²) in [4.78, 5) is 65.3. The van der Waals surface area contributed by atoms with E-state index in [0.717, 1.165) is 0 Å². The lowest BCUT2D eigenvalue weighted by Gasteiger charge is -2.23. The number of carbonyl (C=O) groups is 4. The molecular formula is C40H39ClN4O9. The third kappa shape index (κ3) is 10.6. The maximum absolute atomic E-state index is 13.4. The first-order chi connectivity index (χ1) is 25.8. The first-order valence-electron chi connectivity index (χ1n) is 16.7. The molecule has 2 amide bonds. The molecule has 0 aliphatic rings. The molecule has 0 saturated carbocycles. The molecule has 280 valence electrons. The summed E-state index contributed by atoms with van der Waals surface area (Å²) in [5.74, 6) is -1.94. The van der Waals surface area contributed by atoms with E-state index in [0.29, 0.717) is 27.4 Å². The summed E-state index contributed by atoms with van der Waals surface area (Å²) in [6, 6.07) is 20.3. The monoisotopic (exact) mass is 754 g/mol. The highest BCUT2D eigenvalue weighted by molar-refractivity contribution is 6.31. The van der Waals surface area contributed by atoms with E-state index >= 15 is 0 Å². The average Bonchev–Trinajstić information content (AvgIpc) is 3.16. The molecule has 4 aromatic rings. The quantitative estimate of drug-likeness (QED) is 0.0765. The minimum absolute atomic E-state index is 0.0786. The van der Waals surface area contributed by atoms with Crippen molar-refractivity contribution in [3.63, 3.8) is 0 Å². The third-order valence-electron chi connectivity index (χ3n) is 8.10. The van der Waals surface area contributed by atoms with Crippen molar-refractivity contribution < 1.29 is 38.1 Å². The van der Waals surface area contributed by atoms with E-state index in [-0.39, 0.29) is 29.9 Å². The molecule has 1 unspecified atom stereocenters. The number of hydrogen-bond donors (Lipinski definition) is 2. The van der Waals surface area contributed by atoms with E-state index in [9.17, 15) is 29.2 Å². The Morgan fingerprint density at radius 2 is 1.70 bits per heavy atom. The topological polar surface area (TPSA) is 175 Å². The Morgan fingerprint density at radius 3 is 2.33 bits per heavy atom. The van der Waals surface area contributed by atoms with E-state index in [1.54, 1.807) is 63.2 Å². The minimum Gasteiger partial charge on any atom is -0.495 e. The lowest BCUT2D eigenvalue weighted by molar-refractivity contribution is -0.148. The Hall–Kier alpha value is -6.39. The van der Waals surface area contributed by atoms with Crippen molar-refractivity contribution in [2.75, 3.05) is 19.0 Å². The van der Waals surface area contributed by atoms with Crippen LogP contribution in [-0.2, 0) is 30.4 Å². The first kappa shape index (κ1) is 40.4. The lowest BCUT2D eigenvalue weighted by Crippen LogP contribution is -2.47. The number of nitrogens with zero attached hydrogens (tertiary/aromatic N) is 2. The molecule has 0 bridgehead atoms. The summed E-state index contributed by atoms with van der Waals surface area (Å²) in [5, 5.41) is 15.1. The molecule has 2 atom stereocenters. The van der Waals surface area contributed by atoms with Gasteiger partial charge in [0.1, 0.15) is 30.6 Å². The number of esters is 2. The normalized spacial score (nSPS) is 11.9. The number of halogens is 1. The Morgan fingerprint density at radius 1 is 1.00 bits per heavy atom. The fourth-order valence-corrected chi connectivity index (χ4v) is 5.27. The standard InChI is InChI=1S/C40H39ClN4O9/c1-6-33(45-22-34(51-5)31(20-35(45)46)30-19-28(41)16-13-27(30)21-42)36(47)43-29-17-14-26(15-18-29)37(48)53-24-32(44-39(50)54-40(3,4)7-2)38(49)52-23-25-11-9-8-10-12-25/h7-20,22,32-33H,2,6,23-24H2,1,3-5H3,(H,43,47)(H,44,50)/t32-,33?/m0/s1. The summed E-state index contributed by atoms with van der Waals surface area (Å²) in [7, 11) is 1.41. The number of hydrogen-bond acceptors (Lipinski definition) is 10. The molecule has 1 aromatic heterocycles. The van der Waals surface area contributed by atoms with Crippen molar-refractivity contribution in [1.82, 2.24) is 9.88 Å². The summed E-state index contributed by atoms with van der Waals surface area (Å²) in [5.41, 5.74) is 0.610. The van der Waals surface area contributed by atoms with Crippen molar-refractivity contribution in [3.05, 3.63) is 130 Å². The van der Waals surface area contributed by atoms with E-state index in [1.165, 1.54) is 54.3 Å². The number of carbonyl (C=O) groups excluding carboxylic acids is 4. The summed E-state index contributed by atoms with van der Waals surface area (Å²) < 4.78 is 22.8. The fourth-order valence-electron chi connectivity index (χ4n) is 5.10. The van der Waals surface area contributed by atoms with Crippen LogP contribution in [0.2, 0.25) is 5.02 Å². The molecule has 1 heterocycles. The highest BCUT2D eigenvalue weighted by Crippen LogP contribution is 2.33. The smallest absolute Gasteiger partial charge is 0.408 e. The van der Waals surface area contributed by atoms with Crippen LogP contribution in [0.3, 0.4) is 0 Å². The van der Waals surface area contributed by atoms with Crippen molar-refractivity contribution >= 4 is 41.2 Å². The number of alkyl carbamates (subject to hydrolysis) is 1. The average molecular weight is 755 g/mol. The van der Waals surface area contributed by atoms with Crippen LogP contribution >= 0.6 is 11.6 Å². The number of amides is 2. The van der Waals surface area contributed by atoms with Crippen LogP contribution in [0.25, 0.3) is 11.1 Å². The molecule has 0 spiro atoms. The molecule has 4 rings (SSSR count). The number of methoxy groups -OCH3 is 1. The van der Waals surface area contributed by atoms with E-state index in [4.69, 9.17) is 30.5 Å². The molecule has 14 heteroatoms. The maximum Gasteiger partial charge on any atom is 0.408 e. The predicted octanol–water partition coefficient (Wildman–Crippen LogP) is 6.60. The van der Waals surface area contributed by atoms with Crippen LogP contribution < -0.4 is 20.9 Å². The van der Waals surface area contributed by atoms with Crippen LogP contribution in [0, 0.1) is 11.3 Å². The fraction of sp³-hybridized carbons (Fsp3) is 0.250. The second kappa shape index (κ2) is 18.4. The van der Waals surface area contributed by atoms with Gasteiger partial charge < -0.3 is 29.6 Å². The number of pyridine rings is 1. The number of aromatic nitrogens is 1. The van der Waals surface area contributed by atoms with Gasteiger partial charge in [0, 0.05) is 27.9 Å². The molecule has 0 fully saturated rings. The van der Waals surface area contributed by atoms with Crippen LogP contribution in [0.15, 0.2) is 103 Å². The number of rotatable bonds is 15. The van der Waals surface area contributed by atoms with Gasteiger partial charge in [0.15, 0.2) is 6.04 Å². The van der Waals surface area contributed by atoms with Gasteiger partial charge in [-0.1, -0.05) is 55.4 Å². The number of ether oxygens (including phenoxy) is 4. The molecular weight excluding hydrogens is 716 g/mol. The van der Waals surface area contributed by atoms with E-state index in [2.05, 4.69) is 23.3 Å². The molecule has 54 heavy (non-hydrogen) atoms. The summed E-state index contributed by atoms with van der Waals surface area (Å²) in [6.45, 7) is 7.90. The molecule has 0 radical (unpaired) electrons. The molecule has 13 nitrogen and oxygen atoms in total. The van der Waals surface area contributed by atoms with Crippen LogP contribution in [0.5, 0.6) is 5.75 Å². The summed E-state index contributed by atoms with van der Waals surface area (Å²) >= 11 is 6.17. The summed E-state index contributed by atoms with van der Waals surface area (Å²) in [6.07, 6.45) is 2.11. The van der Waals surface area contributed by atoms with Gasteiger partial charge in [0.25, 0.3) is 5.56 Å². The van der Waals surface area contributed by atoms with Gasteiger partial charge in [-0.2, -0.15) is 5.26 Å². The SMILES string of the molecule is C=CC(C)(C)OC(=O)N[C@@H](COC(=O)c1ccc(NC(=O)C(CC)n2cc(OC)c(-c3cc(Cl)ccc3C#N)cc2=O)cc1)C(=O)OCc1ccccc1. The number of benzene rings is 3. The number of nitriles is 1. The Balaban J connectivity index is 1.44. The zero-order valence-electron chi connectivity index (χ0n) is 30.1. The van der Waals surface area contributed by atoms with Gasteiger partial charge in [-0.25, -0.2) is 14.4 Å². The van der Waals surface area contributed by atoms with Crippen molar-refractivity contribution in [2.45, 2.75) is 51.5 Å². The lowest BCUT2D eigenvalue weighted by atomic mass is 10.00. The van der Waals surface area contributed by atoms with Crippen molar-refractivity contribution in [2.24, 2.45) is 0 Å². The van der Waals surface area contributed by atoms with Gasteiger partial charge in [-0.15, -0.1) is 0 Å². The van der Waals surface area contributed by atoms with Crippen LogP contribution in [-0.4, -0.2) is 53.9 Å². The first-order valence-corrected chi connectivity index (χ1v) is 17.1. The van der Waals surface area contributed by atoms with Crippen LogP contribution in [0.1, 0.15) is 54.7 Å². The van der Waals surface area contributed by atoms with Gasteiger partial charge in [0.05, 0.1) is 30.5 Å². The molecule has 0 saturated heterocycles. The predicted molar refractivity (Wildman–Crippen MR) is 201 cm³/mol. The molecule has 2 N–H and O–H groups in total. The highest BCUT2D eigenvalue weighted by Gasteiger charge is 2.28. The Bertz CT molecular complexity index is 2110. The Labute approximate surface area is 317 Å². The highest BCUT2D eigenvalue weighted by atomic mass is 35.5. The van der Waals surface area contributed by atoms with Gasteiger partial charge in [-0.05, 0) is 74.4 Å². The molecule has 0 aliphatic heterocycles. The largest absolute Gasteiger partial charge is 0.495 e. The maximum atomic E-state index is 13.4. The van der Waals surface area contributed by atoms with Crippen molar-refractivity contribution in [3.8, 4) is 22.9 Å². The minimum atomic E-state index is -1.40. The van der Waals surface area contributed by atoms with E-state index < -0.39 is 53.8 Å². The van der Waals surface area contributed by atoms with Gasteiger partial charge in [0.2, 0.25) is 5.91 Å². The number of nitrogens with one attached hydrogen (secondary N) is 2. The molecule has 0 aliphatic carbocycles. The second-order valence-corrected chi connectivity index (χ2v) is 12.8. The Kier molecular flexibility index (Phi) is 13.8. The van der Waals surface area contributed by atoms with Gasteiger partial charge in [-0.3, -0.25) is 14.2 Å². The van der Waals surface area contributed by atoms with Gasteiger partial charge >= 0.3 is 18.0 Å². The third-order valence-corrected chi connectivity index (χ3v) is 8.33. The zero-order valence-corrected chi connectivity index (χ0v) is 30.8.